The highest BCUT2D eigenvalue weighted by Crippen LogP contribution is 2.28. The molecule has 0 aromatic carbocycles. The van der Waals surface area contributed by atoms with Crippen molar-refractivity contribution in [3.8, 4) is 35.1 Å². The van der Waals surface area contributed by atoms with Crippen molar-refractivity contribution >= 4 is 0 Å². The number of aromatic nitrogens is 1. The molecule has 0 amide bonds. The fraction of sp³-hybridized carbons (Fsp3) is 0. The minimum Gasteiger partial charge on any atom is -0.451 e. The summed E-state index contributed by atoms with van der Waals surface area (Å²) in [6, 6.07) is 14.1. The zero-order valence-corrected chi connectivity index (χ0v) is 10.2. The lowest BCUT2D eigenvalue weighted by atomic mass is 10.2. The van der Waals surface area contributed by atoms with Crippen molar-refractivity contribution in [2.45, 2.75) is 0 Å². The summed E-state index contributed by atoms with van der Waals surface area (Å²) in [6.45, 7) is 0. The third-order valence-corrected chi connectivity index (χ3v) is 2.71. The maximum Gasteiger partial charge on any atom is 0.204 e. The molecule has 0 N–H and O–H groups in total. The topological polar surface area (TPSA) is 86.8 Å². The molecule has 5 heteroatoms. The van der Waals surface area contributed by atoms with Crippen LogP contribution in [-0.4, -0.2) is 4.98 Å². The van der Waals surface area contributed by atoms with Crippen LogP contribution in [0, 0.1) is 22.7 Å². The van der Waals surface area contributed by atoms with Gasteiger partial charge < -0.3 is 8.83 Å². The molecule has 3 aromatic rings. The largest absolute Gasteiger partial charge is 0.451 e. The Labute approximate surface area is 114 Å². The van der Waals surface area contributed by atoms with Gasteiger partial charge in [-0.1, -0.05) is 0 Å². The van der Waals surface area contributed by atoms with Crippen LogP contribution in [-0.2, 0) is 0 Å². The first-order valence-corrected chi connectivity index (χ1v) is 5.77. The molecule has 3 rings (SSSR count). The van der Waals surface area contributed by atoms with Crippen LogP contribution in [0.1, 0.15) is 11.3 Å². The lowest BCUT2D eigenvalue weighted by molar-refractivity contribution is 0.522. The van der Waals surface area contributed by atoms with E-state index in [4.69, 9.17) is 19.4 Å². The Balaban J connectivity index is 1.93. The number of hydrogen-bond donors (Lipinski definition) is 0. The Morgan fingerprint density at radius 2 is 1.55 bits per heavy atom. The second-order valence-electron chi connectivity index (χ2n) is 3.98. The molecule has 0 saturated heterocycles. The van der Waals surface area contributed by atoms with Crippen LogP contribution in [0.4, 0.5) is 0 Å². The summed E-state index contributed by atoms with van der Waals surface area (Å²) in [5.74, 6) is 1.81. The molecule has 94 valence electrons. The highest BCUT2D eigenvalue weighted by Gasteiger charge is 2.11. The first-order chi connectivity index (χ1) is 9.80. The van der Waals surface area contributed by atoms with Gasteiger partial charge in [0.05, 0.1) is 5.56 Å². The molecule has 0 spiro atoms. The summed E-state index contributed by atoms with van der Waals surface area (Å²) in [6.07, 6.45) is 1.48. The highest BCUT2D eigenvalue weighted by molar-refractivity contribution is 5.60. The predicted molar refractivity (Wildman–Crippen MR) is 69.1 cm³/mol. The fourth-order valence-corrected chi connectivity index (χ4v) is 1.74. The van der Waals surface area contributed by atoms with Crippen LogP contribution in [0.2, 0.25) is 0 Å². The van der Waals surface area contributed by atoms with Crippen LogP contribution in [0.3, 0.4) is 0 Å². The van der Waals surface area contributed by atoms with Gasteiger partial charge in [0.2, 0.25) is 5.76 Å². The third kappa shape index (κ3) is 2.05. The van der Waals surface area contributed by atoms with Crippen molar-refractivity contribution in [3.05, 3.63) is 53.9 Å². The minimum atomic E-state index is 0.231. The van der Waals surface area contributed by atoms with Gasteiger partial charge >= 0.3 is 0 Å². The number of pyridine rings is 1. The molecule has 0 atom stereocenters. The molecular weight excluding hydrogens is 254 g/mol. The zero-order chi connectivity index (χ0) is 13.9. The molecule has 0 saturated carbocycles. The highest BCUT2D eigenvalue weighted by atomic mass is 16.4. The van der Waals surface area contributed by atoms with Gasteiger partial charge in [-0.05, 0) is 36.4 Å². The van der Waals surface area contributed by atoms with E-state index < -0.39 is 0 Å². The van der Waals surface area contributed by atoms with Crippen molar-refractivity contribution in [2.75, 3.05) is 0 Å². The molecule has 0 radical (unpaired) electrons. The van der Waals surface area contributed by atoms with E-state index in [2.05, 4.69) is 4.98 Å². The molecule has 0 unspecified atom stereocenters. The van der Waals surface area contributed by atoms with Crippen molar-refractivity contribution in [2.24, 2.45) is 0 Å². The normalized spacial score (nSPS) is 9.90. The number of nitrogens with zero attached hydrogens (tertiary/aromatic N) is 3. The lowest BCUT2D eigenvalue weighted by Crippen LogP contribution is -1.82. The maximum absolute atomic E-state index is 8.73. The minimum absolute atomic E-state index is 0.231. The Kier molecular flexibility index (Phi) is 2.80. The lowest BCUT2D eigenvalue weighted by Gasteiger charge is -1.95. The van der Waals surface area contributed by atoms with Crippen molar-refractivity contribution in [1.29, 1.82) is 10.5 Å². The number of hydrogen-bond acceptors (Lipinski definition) is 5. The van der Waals surface area contributed by atoms with Crippen LogP contribution >= 0.6 is 0 Å². The van der Waals surface area contributed by atoms with Gasteiger partial charge in [0.25, 0.3) is 0 Å². The first-order valence-electron chi connectivity index (χ1n) is 5.77. The zero-order valence-electron chi connectivity index (χ0n) is 10.2. The second-order valence-corrected chi connectivity index (χ2v) is 3.98. The average molecular weight is 261 g/mol. The van der Waals surface area contributed by atoms with Crippen molar-refractivity contribution in [3.63, 3.8) is 0 Å². The summed E-state index contributed by atoms with van der Waals surface area (Å²) < 4.78 is 10.9. The molecule has 3 heterocycles. The van der Waals surface area contributed by atoms with Gasteiger partial charge in [0.1, 0.15) is 17.8 Å². The standard InChI is InChI=1S/C15H7N3O2/c16-7-10-1-3-12(18-9-10)13-5-6-15(20-13)14-4-2-11(8-17)19-14/h1-6,9H. The summed E-state index contributed by atoms with van der Waals surface area (Å²) >= 11 is 0. The van der Waals surface area contributed by atoms with E-state index in [9.17, 15) is 0 Å². The molecule has 0 bridgehead atoms. The molecule has 5 nitrogen and oxygen atoms in total. The van der Waals surface area contributed by atoms with E-state index >= 15 is 0 Å². The van der Waals surface area contributed by atoms with Crippen molar-refractivity contribution in [1.82, 2.24) is 4.98 Å². The smallest absolute Gasteiger partial charge is 0.204 e. The van der Waals surface area contributed by atoms with Crippen LogP contribution in [0.25, 0.3) is 23.0 Å². The van der Waals surface area contributed by atoms with Gasteiger partial charge in [-0.2, -0.15) is 10.5 Å². The number of rotatable bonds is 2. The van der Waals surface area contributed by atoms with Crippen molar-refractivity contribution < 1.29 is 8.83 Å². The number of nitriles is 2. The Bertz CT molecular complexity index is 829. The Morgan fingerprint density at radius 1 is 0.800 bits per heavy atom. The van der Waals surface area contributed by atoms with E-state index in [1.165, 1.54) is 6.20 Å². The third-order valence-electron chi connectivity index (χ3n) is 2.71. The average Bonchev–Trinajstić information content (AvgIpc) is 3.16. The van der Waals surface area contributed by atoms with Gasteiger partial charge in [0, 0.05) is 6.20 Å². The molecule has 3 aromatic heterocycles. The number of furan rings is 2. The predicted octanol–water partition coefficient (Wildman–Crippen LogP) is 3.34. The van der Waals surface area contributed by atoms with Gasteiger partial charge in [-0.3, -0.25) is 4.98 Å². The SMILES string of the molecule is N#Cc1ccc(-c2ccc(-c3ccc(C#N)o3)o2)nc1. The fourth-order valence-electron chi connectivity index (χ4n) is 1.74. The van der Waals surface area contributed by atoms with Gasteiger partial charge in [-0.15, -0.1) is 0 Å². The van der Waals surface area contributed by atoms with Crippen LogP contribution in [0.15, 0.2) is 51.4 Å². The first kappa shape index (κ1) is 11.8. The van der Waals surface area contributed by atoms with Gasteiger partial charge in [-0.25, -0.2) is 0 Å². The van der Waals surface area contributed by atoms with E-state index in [0.29, 0.717) is 28.5 Å². The van der Waals surface area contributed by atoms with E-state index in [1.54, 1.807) is 36.4 Å². The van der Waals surface area contributed by atoms with Crippen LogP contribution in [0.5, 0.6) is 0 Å². The van der Waals surface area contributed by atoms with Crippen LogP contribution < -0.4 is 0 Å². The Hall–Kier alpha value is -3.31. The molecular formula is C15H7N3O2. The molecule has 20 heavy (non-hydrogen) atoms. The molecule has 0 aliphatic carbocycles. The maximum atomic E-state index is 8.73. The summed E-state index contributed by atoms with van der Waals surface area (Å²) in [5, 5.41) is 17.4. The second kappa shape index (κ2) is 4.75. The van der Waals surface area contributed by atoms with E-state index in [-0.39, 0.29) is 5.76 Å². The summed E-state index contributed by atoms with van der Waals surface area (Å²) in [5.41, 5.74) is 1.12. The van der Waals surface area contributed by atoms with E-state index in [0.717, 1.165) is 0 Å². The summed E-state index contributed by atoms with van der Waals surface area (Å²) in [7, 11) is 0. The quantitative estimate of drug-likeness (QED) is 0.705. The molecule has 0 aliphatic rings. The molecule has 0 fully saturated rings. The monoisotopic (exact) mass is 261 g/mol. The Morgan fingerprint density at radius 3 is 2.20 bits per heavy atom. The van der Waals surface area contributed by atoms with Gasteiger partial charge in [0.15, 0.2) is 17.3 Å². The van der Waals surface area contributed by atoms with E-state index in [1.807, 2.05) is 12.1 Å². The molecule has 0 aliphatic heterocycles. The summed E-state index contributed by atoms with van der Waals surface area (Å²) in [4.78, 5) is 4.15.